The molecule has 1 aromatic heterocycles. The lowest BCUT2D eigenvalue weighted by atomic mass is 10.2. The van der Waals surface area contributed by atoms with Crippen LogP contribution in [0.1, 0.15) is 15.9 Å². The number of carbonyl (C=O) groups excluding carboxylic acids is 1. The van der Waals surface area contributed by atoms with E-state index in [-0.39, 0.29) is 10.8 Å². The summed E-state index contributed by atoms with van der Waals surface area (Å²) in [6.45, 7) is 0.474. The molecule has 0 bridgehead atoms. The van der Waals surface area contributed by atoms with Crippen LogP contribution >= 0.6 is 24.0 Å². The van der Waals surface area contributed by atoms with Gasteiger partial charge in [-0.2, -0.15) is 11.3 Å². The summed E-state index contributed by atoms with van der Waals surface area (Å²) in [6.07, 6.45) is 0. The van der Waals surface area contributed by atoms with Crippen molar-refractivity contribution in [2.24, 2.45) is 0 Å². The number of benzene rings is 1. The number of hydrogen-bond donors (Lipinski definition) is 2. The Hall–Kier alpha value is -1.33. The second-order valence-corrected chi connectivity index (χ2v) is 4.74. The minimum absolute atomic E-state index is 0.174. The summed E-state index contributed by atoms with van der Waals surface area (Å²) in [6, 6.07) is 6.04. The van der Waals surface area contributed by atoms with Gasteiger partial charge in [-0.1, -0.05) is 0 Å². The Kier molecular flexibility index (Phi) is 3.81. The van der Waals surface area contributed by atoms with Crippen molar-refractivity contribution in [2.75, 3.05) is 0 Å². The molecule has 1 N–H and O–H groups in total. The van der Waals surface area contributed by atoms with E-state index < -0.39 is 5.82 Å². The van der Waals surface area contributed by atoms with Gasteiger partial charge in [0.15, 0.2) is 0 Å². The SMILES string of the molecule is O=C(NCc1ccsc1)c1ccc(F)c(S)c1. The van der Waals surface area contributed by atoms with Crippen molar-refractivity contribution in [3.8, 4) is 0 Å². The van der Waals surface area contributed by atoms with E-state index in [1.807, 2.05) is 16.8 Å². The largest absolute Gasteiger partial charge is 0.348 e. The van der Waals surface area contributed by atoms with Crippen LogP contribution in [0.2, 0.25) is 0 Å². The second kappa shape index (κ2) is 5.33. The first-order valence-electron chi connectivity index (χ1n) is 4.94. The van der Waals surface area contributed by atoms with Gasteiger partial charge < -0.3 is 5.32 Å². The standard InChI is InChI=1S/C12H10FNOS2/c13-10-2-1-9(5-11(10)16)12(15)14-6-8-3-4-17-7-8/h1-5,7,16H,6H2,(H,14,15). The molecule has 1 heterocycles. The Balaban J connectivity index is 2.02. The lowest BCUT2D eigenvalue weighted by Crippen LogP contribution is -2.22. The number of thiol groups is 1. The van der Waals surface area contributed by atoms with Gasteiger partial charge in [-0.25, -0.2) is 4.39 Å². The average Bonchev–Trinajstić information content (AvgIpc) is 2.82. The van der Waals surface area contributed by atoms with E-state index in [9.17, 15) is 9.18 Å². The molecule has 0 spiro atoms. The molecule has 5 heteroatoms. The third kappa shape index (κ3) is 3.08. The number of amides is 1. The fourth-order valence-corrected chi connectivity index (χ4v) is 2.21. The zero-order valence-corrected chi connectivity index (χ0v) is 10.5. The maximum Gasteiger partial charge on any atom is 0.251 e. The third-order valence-electron chi connectivity index (χ3n) is 2.24. The Morgan fingerprint density at radius 1 is 1.41 bits per heavy atom. The van der Waals surface area contributed by atoms with Crippen LogP contribution in [-0.4, -0.2) is 5.91 Å². The molecular formula is C12H10FNOS2. The van der Waals surface area contributed by atoms with Crippen molar-refractivity contribution in [1.82, 2.24) is 5.32 Å². The molecule has 0 aliphatic heterocycles. The van der Waals surface area contributed by atoms with Gasteiger partial charge in [0.05, 0.1) is 0 Å². The highest BCUT2D eigenvalue weighted by molar-refractivity contribution is 7.80. The van der Waals surface area contributed by atoms with Crippen molar-refractivity contribution in [3.05, 3.63) is 52.0 Å². The van der Waals surface area contributed by atoms with E-state index in [1.54, 1.807) is 11.3 Å². The molecule has 17 heavy (non-hydrogen) atoms. The van der Waals surface area contributed by atoms with E-state index in [0.29, 0.717) is 12.1 Å². The summed E-state index contributed by atoms with van der Waals surface area (Å²) < 4.78 is 13.0. The zero-order chi connectivity index (χ0) is 12.3. The minimum atomic E-state index is -0.428. The number of rotatable bonds is 3. The van der Waals surface area contributed by atoms with Crippen LogP contribution in [0.5, 0.6) is 0 Å². The Bertz CT molecular complexity index is 525. The van der Waals surface area contributed by atoms with E-state index in [1.165, 1.54) is 18.2 Å². The topological polar surface area (TPSA) is 29.1 Å². The molecule has 0 unspecified atom stereocenters. The second-order valence-electron chi connectivity index (χ2n) is 3.48. The van der Waals surface area contributed by atoms with Crippen molar-refractivity contribution in [3.63, 3.8) is 0 Å². The first-order valence-corrected chi connectivity index (χ1v) is 6.33. The molecule has 1 amide bonds. The summed E-state index contributed by atoms with van der Waals surface area (Å²) in [4.78, 5) is 11.9. The van der Waals surface area contributed by atoms with Crippen LogP contribution in [-0.2, 0) is 6.54 Å². The molecule has 0 saturated carbocycles. The lowest BCUT2D eigenvalue weighted by Gasteiger charge is -2.04. The van der Waals surface area contributed by atoms with Gasteiger partial charge in [0.1, 0.15) is 5.82 Å². The van der Waals surface area contributed by atoms with Gasteiger partial charge in [-0.15, -0.1) is 12.6 Å². The molecule has 0 atom stereocenters. The summed E-state index contributed by atoms with van der Waals surface area (Å²) in [5.41, 5.74) is 1.46. The van der Waals surface area contributed by atoms with Crippen LogP contribution < -0.4 is 5.32 Å². The maximum absolute atomic E-state index is 13.0. The number of halogens is 1. The molecule has 0 aliphatic carbocycles. The van der Waals surface area contributed by atoms with E-state index in [4.69, 9.17) is 0 Å². The molecule has 2 aromatic rings. The van der Waals surface area contributed by atoms with E-state index in [0.717, 1.165) is 5.56 Å². The highest BCUT2D eigenvalue weighted by atomic mass is 32.1. The smallest absolute Gasteiger partial charge is 0.251 e. The molecule has 0 saturated heterocycles. The predicted molar refractivity (Wildman–Crippen MR) is 69.1 cm³/mol. The van der Waals surface area contributed by atoms with Gasteiger partial charge in [0.25, 0.3) is 5.91 Å². The van der Waals surface area contributed by atoms with Crippen LogP contribution in [0.15, 0.2) is 39.9 Å². The number of hydrogen-bond acceptors (Lipinski definition) is 3. The van der Waals surface area contributed by atoms with Crippen molar-refractivity contribution >= 4 is 29.9 Å². The summed E-state index contributed by atoms with van der Waals surface area (Å²) in [5.74, 6) is -0.658. The maximum atomic E-state index is 13.0. The number of nitrogens with one attached hydrogen (secondary N) is 1. The fourth-order valence-electron chi connectivity index (χ4n) is 1.33. The molecule has 0 aliphatic rings. The van der Waals surface area contributed by atoms with Crippen LogP contribution in [0.3, 0.4) is 0 Å². The minimum Gasteiger partial charge on any atom is -0.348 e. The normalized spacial score (nSPS) is 10.2. The predicted octanol–water partition coefficient (Wildman–Crippen LogP) is 3.11. The Morgan fingerprint density at radius 3 is 2.88 bits per heavy atom. The van der Waals surface area contributed by atoms with E-state index >= 15 is 0 Å². The molecule has 0 fully saturated rings. The van der Waals surface area contributed by atoms with E-state index in [2.05, 4.69) is 17.9 Å². The average molecular weight is 267 g/mol. The molecule has 0 radical (unpaired) electrons. The van der Waals surface area contributed by atoms with Crippen LogP contribution in [0.25, 0.3) is 0 Å². The molecule has 1 aromatic carbocycles. The number of thiophene rings is 1. The third-order valence-corrected chi connectivity index (χ3v) is 3.32. The highest BCUT2D eigenvalue weighted by Gasteiger charge is 2.07. The van der Waals surface area contributed by atoms with Gasteiger partial charge in [0.2, 0.25) is 0 Å². The summed E-state index contributed by atoms with van der Waals surface area (Å²) >= 11 is 5.52. The zero-order valence-electron chi connectivity index (χ0n) is 8.81. The van der Waals surface area contributed by atoms with Gasteiger partial charge in [0, 0.05) is 17.0 Å². The first-order chi connectivity index (χ1) is 8.16. The molecule has 2 rings (SSSR count). The molecule has 2 nitrogen and oxygen atoms in total. The van der Waals surface area contributed by atoms with Gasteiger partial charge in [-0.05, 0) is 40.6 Å². The highest BCUT2D eigenvalue weighted by Crippen LogP contribution is 2.14. The van der Waals surface area contributed by atoms with Crippen molar-refractivity contribution in [2.45, 2.75) is 11.4 Å². The molecular weight excluding hydrogens is 257 g/mol. The fraction of sp³-hybridized carbons (Fsp3) is 0.0833. The summed E-state index contributed by atoms with van der Waals surface area (Å²) in [7, 11) is 0. The Labute approximate surface area is 108 Å². The molecule has 88 valence electrons. The van der Waals surface area contributed by atoms with Crippen LogP contribution in [0, 0.1) is 5.82 Å². The lowest BCUT2D eigenvalue weighted by molar-refractivity contribution is 0.0950. The van der Waals surface area contributed by atoms with Crippen molar-refractivity contribution < 1.29 is 9.18 Å². The van der Waals surface area contributed by atoms with Gasteiger partial charge >= 0.3 is 0 Å². The van der Waals surface area contributed by atoms with Crippen molar-refractivity contribution in [1.29, 1.82) is 0 Å². The van der Waals surface area contributed by atoms with Gasteiger partial charge in [-0.3, -0.25) is 4.79 Å². The monoisotopic (exact) mass is 267 g/mol. The quantitative estimate of drug-likeness (QED) is 0.822. The summed E-state index contributed by atoms with van der Waals surface area (Å²) in [5, 5.41) is 6.68. The van der Waals surface area contributed by atoms with Crippen LogP contribution in [0.4, 0.5) is 4.39 Å². The Morgan fingerprint density at radius 2 is 2.24 bits per heavy atom. The number of carbonyl (C=O) groups is 1. The first kappa shape index (κ1) is 12.1.